The third kappa shape index (κ3) is 2.11. The normalized spacial score (nSPS) is 29.0. The molecule has 13 heavy (non-hydrogen) atoms. The van der Waals surface area contributed by atoms with E-state index in [0.29, 0.717) is 0 Å². The van der Waals surface area contributed by atoms with Gasteiger partial charge in [0.15, 0.2) is 5.79 Å². The van der Waals surface area contributed by atoms with Crippen LogP contribution in [0.2, 0.25) is 0 Å². The second-order valence-electron chi connectivity index (χ2n) is 2.84. The molecule has 0 aromatic carbocycles. The van der Waals surface area contributed by atoms with E-state index in [0.717, 1.165) is 6.20 Å². The third-order valence-electron chi connectivity index (χ3n) is 1.44. The van der Waals surface area contributed by atoms with Crippen molar-refractivity contribution in [2.24, 2.45) is 16.5 Å². The van der Waals surface area contributed by atoms with Crippen molar-refractivity contribution in [3.8, 4) is 0 Å². The van der Waals surface area contributed by atoms with Gasteiger partial charge in [-0.2, -0.15) is 13.2 Å². The molecule has 0 saturated heterocycles. The summed E-state index contributed by atoms with van der Waals surface area (Å²) < 4.78 is 36.4. The maximum Gasteiger partial charge on any atom is 0.421 e. The smallest absolute Gasteiger partial charge is 0.383 e. The van der Waals surface area contributed by atoms with Crippen LogP contribution in [0.1, 0.15) is 6.92 Å². The number of alkyl halides is 3. The first-order valence-electron chi connectivity index (χ1n) is 3.42. The molecule has 1 atom stereocenters. The second kappa shape index (κ2) is 2.63. The SMILES string of the molecule is CC1(N)N=C(N)C(C(F)(F)F)=CN1. The van der Waals surface area contributed by atoms with E-state index in [1.807, 2.05) is 0 Å². The number of nitrogens with one attached hydrogen (secondary N) is 1. The van der Waals surface area contributed by atoms with E-state index in [4.69, 9.17) is 11.5 Å². The van der Waals surface area contributed by atoms with Crippen LogP contribution in [0.3, 0.4) is 0 Å². The molecule has 0 bridgehead atoms. The van der Waals surface area contributed by atoms with Gasteiger partial charge in [-0.15, -0.1) is 0 Å². The van der Waals surface area contributed by atoms with Crippen molar-refractivity contribution in [3.63, 3.8) is 0 Å². The molecule has 0 amide bonds. The average molecular weight is 194 g/mol. The van der Waals surface area contributed by atoms with Crippen LogP contribution in [0.4, 0.5) is 13.2 Å². The van der Waals surface area contributed by atoms with Crippen LogP contribution in [0.15, 0.2) is 16.8 Å². The maximum absolute atomic E-state index is 12.1. The minimum Gasteiger partial charge on any atom is -0.383 e. The van der Waals surface area contributed by atoms with Crippen molar-refractivity contribution in [2.45, 2.75) is 18.9 Å². The summed E-state index contributed by atoms with van der Waals surface area (Å²) >= 11 is 0. The van der Waals surface area contributed by atoms with E-state index in [1.54, 1.807) is 0 Å². The predicted molar refractivity (Wildman–Crippen MR) is 41.5 cm³/mol. The molecular formula is C6H9F3N4. The van der Waals surface area contributed by atoms with Gasteiger partial charge in [0.2, 0.25) is 0 Å². The fraction of sp³-hybridized carbons (Fsp3) is 0.500. The Labute approximate surface area is 72.5 Å². The summed E-state index contributed by atoms with van der Waals surface area (Å²) in [6, 6.07) is 0. The summed E-state index contributed by atoms with van der Waals surface area (Å²) in [4.78, 5) is 3.44. The molecule has 1 rings (SSSR count). The average Bonchev–Trinajstić information content (AvgIpc) is 1.80. The molecule has 0 saturated carbocycles. The highest BCUT2D eigenvalue weighted by molar-refractivity contribution is 5.98. The summed E-state index contributed by atoms with van der Waals surface area (Å²) in [5, 5.41) is 2.27. The molecule has 0 fully saturated rings. The molecule has 7 heteroatoms. The number of hydrogen-bond acceptors (Lipinski definition) is 4. The van der Waals surface area contributed by atoms with Gasteiger partial charge in [-0.25, -0.2) is 4.99 Å². The van der Waals surface area contributed by atoms with Gasteiger partial charge in [0.05, 0.1) is 0 Å². The number of amidine groups is 1. The van der Waals surface area contributed by atoms with Crippen LogP contribution in [0.25, 0.3) is 0 Å². The number of halogens is 3. The van der Waals surface area contributed by atoms with Gasteiger partial charge in [-0.05, 0) is 6.92 Å². The van der Waals surface area contributed by atoms with Gasteiger partial charge in [-0.3, -0.25) is 5.73 Å². The molecule has 1 unspecified atom stereocenters. The number of rotatable bonds is 0. The van der Waals surface area contributed by atoms with Crippen LogP contribution < -0.4 is 16.8 Å². The Balaban J connectivity index is 2.97. The Kier molecular flexibility index (Phi) is 1.99. The molecule has 0 aromatic rings. The first-order valence-corrected chi connectivity index (χ1v) is 3.42. The van der Waals surface area contributed by atoms with Crippen molar-refractivity contribution in [1.82, 2.24) is 5.32 Å². The van der Waals surface area contributed by atoms with Crippen LogP contribution >= 0.6 is 0 Å². The fourth-order valence-corrected chi connectivity index (χ4v) is 0.862. The maximum atomic E-state index is 12.1. The van der Waals surface area contributed by atoms with Crippen LogP contribution in [0, 0.1) is 0 Å². The summed E-state index contributed by atoms with van der Waals surface area (Å²) in [5.41, 5.74) is 9.46. The van der Waals surface area contributed by atoms with Gasteiger partial charge in [0.1, 0.15) is 11.4 Å². The Morgan fingerprint density at radius 3 is 2.46 bits per heavy atom. The Morgan fingerprint density at radius 2 is 2.08 bits per heavy atom. The Hall–Kier alpha value is -1.24. The number of nitrogens with zero attached hydrogens (tertiary/aromatic N) is 1. The quantitative estimate of drug-likeness (QED) is 0.509. The number of nitrogens with two attached hydrogens (primary N) is 2. The van der Waals surface area contributed by atoms with Gasteiger partial charge in [-0.1, -0.05) is 0 Å². The molecule has 1 aliphatic heterocycles. The summed E-state index contributed by atoms with van der Waals surface area (Å²) in [6.07, 6.45) is -3.78. The molecule has 0 aliphatic carbocycles. The fourth-order valence-electron chi connectivity index (χ4n) is 0.862. The molecule has 4 nitrogen and oxygen atoms in total. The molecule has 0 aromatic heterocycles. The highest BCUT2D eigenvalue weighted by atomic mass is 19.4. The van der Waals surface area contributed by atoms with Crippen LogP contribution in [-0.2, 0) is 0 Å². The van der Waals surface area contributed by atoms with Crippen molar-refractivity contribution < 1.29 is 13.2 Å². The molecule has 74 valence electrons. The van der Waals surface area contributed by atoms with Crippen LogP contribution in [0.5, 0.6) is 0 Å². The van der Waals surface area contributed by atoms with Crippen molar-refractivity contribution >= 4 is 5.84 Å². The molecule has 0 spiro atoms. The second-order valence-corrected chi connectivity index (χ2v) is 2.84. The topological polar surface area (TPSA) is 76.4 Å². The summed E-state index contributed by atoms with van der Waals surface area (Å²) in [7, 11) is 0. The minimum absolute atomic E-state index is 0.601. The van der Waals surface area contributed by atoms with E-state index < -0.39 is 23.4 Å². The lowest BCUT2D eigenvalue weighted by Gasteiger charge is -2.27. The zero-order chi connectivity index (χ0) is 10.3. The summed E-state index contributed by atoms with van der Waals surface area (Å²) in [6.45, 7) is 1.41. The third-order valence-corrected chi connectivity index (χ3v) is 1.44. The van der Waals surface area contributed by atoms with Crippen LogP contribution in [-0.4, -0.2) is 17.8 Å². The van der Waals surface area contributed by atoms with Crippen molar-refractivity contribution in [2.75, 3.05) is 0 Å². The van der Waals surface area contributed by atoms with E-state index in [1.165, 1.54) is 6.92 Å². The molecule has 0 radical (unpaired) electrons. The lowest BCUT2D eigenvalue weighted by atomic mass is 10.2. The van der Waals surface area contributed by atoms with Crippen molar-refractivity contribution in [1.29, 1.82) is 0 Å². The lowest BCUT2D eigenvalue weighted by Crippen LogP contribution is -2.51. The van der Waals surface area contributed by atoms with Gasteiger partial charge in [0.25, 0.3) is 0 Å². The highest BCUT2D eigenvalue weighted by Gasteiger charge is 2.39. The lowest BCUT2D eigenvalue weighted by molar-refractivity contribution is -0.0869. The minimum atomic E-state index is -4.50. The summed E-state index contributed by atoms with van der Waals surface area (Å²) in [5.74, 6) is -1.87. The van der Waals surface area contributed by atoms with E-state index in [-0.39, 0.29) is 0 Å². The zero-order valence-corrected chi connectivity index (χ0v) is 6.81. The number of hydrogen-bond donors (Lipinski definition) is 3. The molecule has 5 N–H and O–H groups in total. The largest absolute Gasteiger partial charge is 0.421 e. The van der Waals surface area contributed by atoms with E-state index in [9.17, 15) is 13.2 Å². The van der Waals surface area contributed by atoms with Gasteiger partial charge in [0, 0.05) is 6.20 Å². The molecular weight excluding hydrogens is 185 g/mol. The monoisotopic (exact) mass is 194 g/mol. The predicted octanol–water partition coefficient (Wildman–Crippen LogP) is 0.0254. The molecule has 1 aliphatic rings. The zero-order valence-electron chi connectivity index (χ0n) is 6.81. The Bertz CT molecular complexity index is 276. The van der Waals surface area contributed by atoms with Crippen molar-refractivity contribution in [3.05, 3.63) is 11.8 Å². The standard InChI is InChI=1S/C6H9F3N4/c1-5(11)12-2-3(4(10)13-5)6(7,8)9/h2,12H,11H2,1H3,(H2,10,13). The first kappa shape index (κ1) is 9.85. The first-order chi connectivity index (χ1) is 5.72. The number of aliphatic imine (C=N–C) groups is 1. The van der Waals surface area contributed by atoms with E-state index >= 15 is 0 Å². The van der Waals surface area contributed by atoms with E-state index in [2.05, 4.69) is 10.3 Å². The van der Waals surface area contributed by atoms with Gasteiger partial charge >= 0.3 is 6.18 Å². The molecule has 1 heterocycles. The Morgan fingerprint density at radius 1 is 1.54 bits per heavy atom. The highest BCUT2D eigenvalue weighted by Crippen LogP contribution is 2.27. The van der Waals surface area contributed by atoms with Gasteiger partial charge < -0.3 is 11.1 Å².